The second-order valence-corrected chi connectivity index (χ2v) is 12.6. The number of urea groups is 1. The number of aliphatic hydroxyl groups excluding tert-OH is 2. The Morgan fingerprint density at radius 2 is 1.87 bits per heavy atom. The minimum absolute atomic E-state index is 0.0677. The van der Waals surface area contributed by atoms with Gasteiger partial charge in [0.05, 0.1) is 32.1 Å². The first-order valence-corrected chi connectivity index (χ1v) is 15.6. The van der Waals surface area contributed by atoms with Crippen LogP contribution in [-0.4, -0.2) is 71.8 Å². The molecule has 4 rings (SSSR count). The van der Waals surface area contributed by atoms with Crippen molar-refractivity contribution in [2.24, 2.45) is 5.73 Å². The maximum atomic E-state index is 14.0. The lowest BCUT2D eigenvalue weighted by atomic mass is 9.98. The van der Waals surface area contributed by atoms with Crippen LogP contribution in [-0.2, 0) is 22.7 Å². The van der Waals surface area contributed by atoms with Crippen molar-refractivity contribution in [2.45, 2.75) is 55.9 Å². The number of nitrogens with two attached hydrogens (primary N) is 1. The molecule has 3 aromatic carbocycles. The number of aliphatic hydroxyl groups is 2. The van der Waals surface area contributed by atoms with Crippen LogP contribution >= 0.6 is 11.8 Å². The zero-order valence-electron chi connectivity index (χ0n) is 25.7. The third-order valence-electron chi connectivity index (χ3n) is 7.47. The molecular formula is C33H41N5O6S. The summed E-state index contributed by atoms with van der Waals surface area (Å²) >= 11 is 1.48. The smallest absolute Gasteiger partial charge is 0.312 e. The minimum Gasteiger partial charge on any atom is -0.497 e. The van der Waals surface area contributed by atoms with Gasteiger partial charge in [-0.05, 0) is 54.3 Å². The van der Waals surface area contributed by atoms with Crippen LogP contribution in [0.3, 0.4) is 0 Å². The number of amides is 4. The highest BCUT2D eigenvalue weighted by Crippen LogP contribution is 2.38. The van der Waals surface area contributed by atoms with Gasteiger partial charge in [-0.3, -0.25) is 9.59 Å². The molecule has 0 unspecified atom stereocenters. The fourth-order valence-electron chi connectivity index (χ4n) is 5.06. The maximum absolute atomic E-state index is 14.0. The Bertz CT molecular complexity index is 1500. The van der Waals surface area contributed by atoms with E-state index >= 15 is 0 Å². The molecule has 1 aliphatic rings. The van der Waals surface area contributed by atoms with E-state index < -0.39 is 23.7 Å². The van der Waals surface area contributed by atoms with Gasteiger partial charge in [0.15, 0.2) is 0 Å². The Morgan fingerprint density at radius 1 is 1.13 bits per heavy atom. The second-order valence-electron chi connectivity index (χ2n) is 11.5. The summed E-state index contributed by atoms with van der Waals surface area (Å²) in [4.78, 5) is 41.0. The minimum atomic E-state index is -0.932. The van der Waals surface area contributed by atoms with Crippen LogP contribution in [0.15, 0.2) is 71.6 Å². The molecule has 0 fully saturated rings. The highest BCUT2D eigenvalue weighted by Gasteiger charge is 2.33. The Balaban J connectivity index is 1.54. The normalized spacial score (nSPS) is 15.5. The number of thioether (sulfide) groups is 1. The number of rotatable bonds is 13. The van der Waals surface area contributed by atoms with Gasteiger partial charge in [-0.2, -0.15) is 0 Å². The molecule has 45 heavy (non-hydrogen) atoms. The van der Waals surface area contributed by atoms with Gasteiger partial charge in [0, 0.05) is 35.7 Å². The Labute approximate surface area is 267 Å². The van der Waals surface area contributed by atoms with E-state index in [1.165, 1.54) is 11.8 Å². The van der Waals surface area contributed by atoms with E-state index in [-0.39, 0.29) is 37.9 Å². The van der Waals surface area contributed by atoms with Crippen LogP contribution in [0.25, 0.3) is 11.1 Å². The van der Waals surface area contributed by atoms with Crippen LogP contribution in [0, 0.1) is 0 Å². The van der Waals surface area contributed by atoms with Crippen molar-refractivity contribution in [1.29, 1.82) is 0 Å². The molecule has 12 heteroatoms. The number of hydrogen-bond acceptors (Lipinski definition) is 8. The number of hydrogen-bond donors (Lipinski definition) is 6. The van der Waals surface area contributed by atoms with E-state index in [0.29, 0.717) is 18.0 Å². The summed E-state index contributed by atoms with van der Waals surface area (Å²) < 4.78 is 5.43. The molecule has 4 amide bonds. The number of anilines is 1. The Hall–Kier alpha value is -4.10. The van der Waals surface area contributed by atoms with Gasteiger partial charge in [0.1, 0.15) is 11.8 Å². The third-order valence-corrected chi connectivity index (χ3v) is 8.61. The number of nitrogens with zero attached hydrogens (tertiary/aromatic N) is 1. The average molecular weight is 636 g/mol. The molecule has 0 bridgehead atoms. The summed E-state index contributed by atoms with van der Waals surface area (Å²) in [6, 6.07) is 19.8. The van der Waals surface area contributed by atoms with Gasteiger partial charge in [-0.1, -0.05) is 48.5 Å². The summed E-state index contributed by atoms with van der Waals surface area (Å²) in [5.41, 5.74) is 9.06. The van der Waals surface area contributed by atoms with Crippen LogP contribution in [0.2, 0.25) is 0 Å². The van der Waals surface area contributed by atoms with Gasteiger partial charge in [-0.15, -0.1) is 11.8 Å². The number of carbonyl (C=O) groups is 3. The first-order chi connectivity index (χ1) is 21.5. The van der Waals surface area contributed by atoms with Crippen LogP contribution < -0.4 is 31.3 Å². The number of ether oxygens (including phenoxy) is 1. The van der Waals surface area contributed by atoms with Crippen LogP contribution in [0.4, 0.5) is 10.5 Å². The largest absolute Gasteiger partial charge is 0.497 e. The van der Waals surface area contributed by atoms with Crippen molar-refractivity contribution in [2.75, 3.05) is 30.9 Å². The predicted octanol–water partition coefficient (Wildman–Crippen LogP) is 2.77. The Kier molecular flexibility index (Phi) is 11.5. The van der Waals surface area contributed by atoms with Crippen molar-refractivity contribution in [3.05, 3.63) is 77.9 Å². The number of nitrogens with one attached hydrogen (secondary N) is 3. The van der Waals surface area contributed by atoms with E-state index in [1.807, 2.05) is 80.6 Å². The van der Waals surface area contributed by atoms with E-state index in [1.54, 1.807) is 12.0 Å². The highest BCUT2D eigenvalue weighted by atomic mass is 32.2. The lowest BCUT2D eigenvalue weighted by Gasteiger charge is -2.29. The average Bonchev–Trinajstić information content (AvgIpc) is 3.14. The van der Waals surface area contributed by atoms with E-state index in [9.17, 15) is 19.5 Å². The molecule has 7 N–H and O–H groups in total. The highest BCUT2D eigenvalue weighted by molar-refractivity contribution is 7.99. The zero-order valence-corrected chi connectivity index (χ0v) is 26.5. The lowest BCUT2D eigenvalue weighted by Crippen LogP contribution is -2.52. The van der Waals surface area contributed by atoms with E-state index in [0.717, 1.165) is 32.8 Å². The van der Waals surface area contributed by atoms with E-state index in [4.69, 9.17) is 15.6 Å². The van der Waals surface area contributed by atoms with Gasteiger partial charge in [0.25, 0.3) is 5.91 Å². The number of β-amino-alcohol motifs (C(OH)–C–C–N with tert-alkyl or cyclic N) is 1. The van der Waals surface area contributed by atoms with Crippen LogP contribution in [0.1, 0.15) is 31.4 Å². The molecule has 0 spiro atoms. The van der Waals surface area contributed by atoms with Gasteiger partial charge in [-0.25, -0.2) is 4.79 Å². The number of benzene rings is 3. The molecule has 11 nitrogen and oxygen atoms in total. The molecule has 0 aliphatic carbocycles. The zero-order chi connectivity index (χ0) is 32.6. The standard InChI is InChI=1S/C33H41N5O6S/c1-33(2,36-17-24(40)19-39)15-30(41)37-27-20-45-29-14-25(44-3)12-13-28(29)38(31(27)42)18-21-8-10-22(11-9-21)26-7-5-4-6-23(26)16-35-32(34)43/h4-14,24,27,36,39-40H,15-20H2,1-3H3,(H,37,41)(H3,34,35,43)/t24-,27+/m0/s1. The molecule has 1 aliphatic heterocycles. The maximum Gasteiger partial charge on any atom is 0.312 e. The fourth-order valence-corrected chi connectivity index (χ4v) is 6.15. The van der Waals surface area contributed by atoms with Crippen molar-refractivity contribution in [3.63, 3.8) is 0 Å². The summed E-state index contributed by atoms with van der Waals surface area (Å²) in [6.07, 6.45) is -0.864. The number of primary amides is 1. The predicted molar refractivity (Wildman–Crippen MR) is 175 cm³/mol. The fraction of sp³-hybridized carbons (Fsp3) is 0.364. The van der Waals surface area contributed by atoms with Gasteiger partial charge in [0.2, 0.25) is 5.91 Å². The number of carbonyl (C=O) groups excluding carboxylic acids is 3. The lowest BCUT2D eigenvalue weighted by molar-refractivity contribution is -0.128. The quantitative estimate of drug-likeness (QED) is 0.167. The molecule has 0 radical (unpaired) electrons. The third kappa shape index (κ3) is 9.21. The Morgan fingerprint density at radius 3 is 2.56 bits per heavy atom. The summed E-state index contributed by atoms with van der Waals surface area (Å²) in [6.45, 7) is 3.99. The topological polar surface area (TPSA) is 166 Å². The molecule has 2 atom stereocenters. The van der Waals surface area contributed by atoms with Crippen LogP contribution in [0.5, 0.6) is 5.75 Å². The van der Waals surface area contributed by atoms with E-state index in [2.05, 4.69) is 16.0 Å². The monoisotopic (exact) mass is 635 g/mol. The van der Waals surface area contributed by atoms with Gasteiger partial charge >= 0.3 is 6.03 Å². The summed E-state index contributed by atoms with van der Waals surface area (Å²) in [5.74, 6) is 0.478. The first-order valence-electron chi connectivity index (χ1n) is 14.7. The molecule has 1 heterocycles. The molecule has 0 saturated carbocycles. The molecule has 240 valence electrons. The SMILES string of the molecule is COc1ccc2c(c1)SC[C@@H](NC(=O)CC(C)(C)NC[C@H](O)CO)C(=O)N2Cc1ccc(-c2ccccc2CNC(N)=O)cc1. The summed E-state index contributed by atoms with van der Waals surface area (Å²) in [7, 11) is 1.59. The summed E-state index contributed by atoms with van der Waals surface area (Å²) in [5, 5.41) is 27.4. The van der Waals surface area contributed by atoms with Crippen molar-refractivity contribution < 1.29 is 29.3 Å². The first kappa shape index (κ1) is 33.8. The van der Waals surface area contributed by atoms with Crippen molar-refractivity contribution in [3.8, 4) is 16.9 Å². The van der Waals surface area contributed by atoms with Gasteiger partial charge < -0.3 is 41.5 Å². The molecule has 3 aromatic rings. The number of fused-ring (bicyclic) bond motifs is 1. The second kappa shape index (κ2) is 15.3. The molecular weight excluding hydrogens is 594 g/mol. The number of methoxy groups -OCH3 is 1. The van der Waals surface area contributed by atoms with Crippen molar-refractivity contribution >= 4 is 35.3 Å². The molecule has 0 saturated heterocycles. The molecule has 0 aromatic heterocycles. The van der Waals surface area contributed by atoms with Crippen molar-refractivity contribution in [1.82, 2.24) is 16.0 Å².